The number of hydrogen-bond acceptors (Lipinski definition) is 4. The van der Waals surface area contributed by atoms with E-state index in [0.29, 0.717) is 11.3 Å². The predicted octanol–water partition coefficient (Wildman–Crippen LogP) is 1.66. The van der Waals surface area contributed by atoms with Gasteiger partial charge in [-0.3, -0.25) is 4.79 Å². The number of halogens is 3. The summed E-state index contributed by atoms with van der Waals surface area (Å²) in [5, 5.41) is 2.97. The molecule has 0 saturated heterocycles. The molecule has 0 aromatic heterocycles. The summed E-state index contributed by atoms with van der Waals surface area (Å²) in [6.45, 7) is 0. The van der Waals surface area contributed by atoms with E-state index in [1.165, 1.54) is 14.2 Å². The van der Waals surface area contributed by atoms with E-state index in [1.807, 2.05) is 5.32 Å². The molecule has 0 aliphatic carbocycles. The number of carbonyl (C=O) groups is 1. The Morgan fingerprint density at radius 1 is 1.32 bits per heavy atom. The Morgan fingerprint density at radius 2 is 1.91 bits per heavy atom. The van der Waals surface area contributed by atoms with Gasteiger partial charge in [0.15, 0.2) is 0 Å². The molecule has 3 N–H and O–H groups in total. The van der Waals surface area contributed by atoms with Crippen molar-refractivity contribution in [3.63, 3.8) is 0 Å². The summed E-state index contributed by atoms with van der Waals surface area (Å²) in [6, 6.07) is 4.51. The van der Waals surface area contributed by atoms with Crippen LogP contribution < -0.4 is 15.9 Å². The lowest BCUT2D eigenvalue weighted by molar-refractivity contribution is -0.161. The van der Waals surface area contributed by atoms with Gasteiger partial charge in [0.2, 0.25) is 0 Å². The van der Waals surface area contributed by atoms with Crippen LogP contribution in [0.5, 0.6) is 5.75 Å². The minimum atomic E-state index is -4.52. The van der Waals surface area contributed by atoms with Crippen LogP contribution in [0, 0.1) is 0 Å². The first-order valence-electron chi connectivity index (χ1n) is 6.47. The second kappa shape index (κ2) is 5.88. The fourth-order valence-electron chi connectivity index (χ4n) is 2.33. The molecule has 1 heterocycles. The van der Waals surface area contributed by atoms with E-state index in [9.17, 15) is 18.0 Å². The van der Waals surface area contributed by atoms with E-state index in [-0.39, 0.29) is 17.7 Å². The number of nitrogens with zero attached hydrogens (tertiary/aromatic N) is 1. The standard InChI is InChI=1S/C14H16F3N3O2/c1-20(18)12-10(8-3-5-9(22-2)6-4-8)7-11(14(15,16)17)19-13(12)21/h3-6,11H,7,18H2,1-2H3,(H,19,21). The van der Waals surface area contributed by atoms with Gasteiger partial charge in [0.1, 0.15) is 17.5 Å². The van der Waals surface area contributed by atoms with E-state index < -0.39 is 18.1 Å². The minimum Gasteiger partial charge on any atom is -0.497 e. The van der Waals surface area contributed by atoms with Gasteiger partial charge in [0.25, 0.3) is 5.91 Å². The molecule has 0 bridgehead atoms. The maximum Gasteiger partial charge on any atom is 0.408 e. The summed E-state index contributed by atoms with van der Waals surface area (Å²) < 4.78 is 43.9. The van der Waals surface area contributed by atoms with E-state index in [0.717, 1.165) is 5.01 Å². The molecule has 22 heavy (non-hydrogen) atoms. The predicted molar refractivity (Wildman–Crippen MR) is 74.5 cm³/mol. The highest BCUT2D eigenvalue weighted by Gasteiger charge is 2.45. The molecule has 1 aromatic rings. The molecule has 1 amide bonds. The zero-order valence-corrected chi connectivity index (χ0v) is 12.1. The normalized spacial score (nSPS) is 19.0. The quantitative estimate of drug-likeness (QED) is 0.658. The molecule has 0 saturated carbocycles. The second-order valence-electron chi connectivity index (χ2n) is 4.94. The highest BCUT2D eigenvalue weighted by atomic mass is 19.4. The summed E-state index contributed by atoms with van der Waals surface area (Å²) in [5.41, 5.74) is 0.765. The molecule has 1 atom stereocenters. The lowest BCUT2D eigenvalue weighted by Crippen LogP contribution is -2.51. The molecule has 120 valence electrons. The summed E-state index contributed by atoms with van der Waals surface area (Å²) in [5.74, 6) is 5.33. The van der Waals surface area contributed by atoms with Crippen molar-refractivity contribution in [2.24, 2.45) is 5.84 Å². The lowest BCUT2D eigenvalue weighted by Gasteiger charge is -2.32. The molecular weight excluding hydrogens is 299 g/mol. The van der Waals surface area contributed by atoms with Crippen molar-refractivity contribution in [1.82, 2.24) is 10.3 Å². The number of alkyl halides is 3. The third-order valence-electron chi connectivity index (χ3n) is 3.40. The van der Waals surface area contributed by atoms with Crippen molar-refractivity contribution in [2.75, 3.05) is 14.2 Å². The van der Waals surface area contributed by atoms with Crippen molar-refractivity contribution in [3.05, 3.63) is 35.5 Å². The van der Waals surface area contributed by atoms with Crippen molar-refractivity contribution in [2.45, 2.75) is 18.6 Å². The molecule has 8 heteroatoms. The number of hydrogen-bond donors (Lipinski definition) is 2. The van der Waals surface area contributed by atoms with Crippen LogP contribution in [0.4, 0.5) is 13.2 Å². The van der Waals surface area contributed by atoms with Gasteiger partial charge in [-0.1, -0.05) is 12.1 Å². The van der Waals surface area contributed by atoms with Crippen LogP contribution in [0.1, 0.15) is 12.0 Å². The molecule has 1 aromatic carbocycles. The summed E-state index contributed by atoms with van der Waals surface area (Å²) >= 11 is 0. The first kappa shape index (κ1) is 16.2. The van der Waals surface area contributed by atoms with Crippen LogP contribution in [0.15, 0.2) is 30.0 Å². The Labute approximate surface area is 125 Å². The molecule has 0 radical (unpaired) electrons. The zero-order chi connectivity index (χ0) is 16.5. The molecule has 0 spiro atoms. The number of hydrazine groups is 1. The van der Waals surface area contributed by atoms with Gasteiger partial charge in [-0.2, -0.15) is 13.2 Å². The van der Waals surface area contributed by atoms with Crippen molar-refractivity contribution < 1.29 is 22.7 Å². The SMILES string of the molecule is COc1ccc(C2=C(N(C)N)C(=O)NC(C(F)(F)F)C2)cc1. The Hall–Kier alpha value is -2.22. The molecule has 0 fully saturated rings. The van der Waals surface area contributed by atoms with Crippen molar-refractivity contribution >= 4 is 11.5 Å². The van der Waals surface area contributed by atoms with E-state index in [4.69, 9.17) is 10.6 Å². The second-order valence-corrected chi connectivity index (χ2v) is 4.94. The van der Waals surface area contributed by atoms with Gasteiger partial charge >= 0.3 is 6.18 Å². The Morgan fingerprint density at radius 3 is 2.36 bits per heavy atom. The molecule has 1 unspecified atom stereocenters. The molecular formula is C14H16F3N3O2. The zero-order valence-electron chi connectivity index (χ0n) is 12.1. The number of rotatable bonds is 3. The highest BCUT2D eigenvalue weighted by molar-refractivity contribution is 6.02. The van der Waals surface area contributed by atoms with Crippen molar-refractivity contribution in [3.8, 4) is 5.75 Å². The third kappa shape index (κ3) is 3.16. The van der Waals surface area contributed by atoms with Crippen LogP contribution >= 0.6 is 0 Å². The van der Waals surface area contributed by atoms with Crippen LogP contribution in [0.25, 0.3) is 5.57 Å². The molecule has 1 aliphatic heterocycles. The largest absolute Gasteiger partial charge is 0.497 e. The summed E-state index contributed by atoms with van der Waals surface area (Å²) in [6.07, 6.45) is -4.90. The van der Waals surface area contributed by atoms with E-state index >= 15 is 0 Å². The van der Waals surface area contributed by atoms with Gasteiger partial charge in [0.05, 0.1) is 7.11 Å². The average Bonchev–Trinajstić information content (AvgIpc) is 2.45. The lowest BCUT2D eigenvalue weighted by atomic mass is 9.92. The van der Waals surface area contributed by atoms with Crippen LogP contribution in [0.3, 0.4) is 0 Å². The Balaban J connectivity index is 2.48. The molecule has 5 nitrogen and oxygen atoms in total. The maximum absolute atomic E-state index is 12.9. The number of methoxy groups -OCH3 is 1. The first-order chi connectivity index (χ1) is 10.2. The van der Waals surface area contributed by atoms with Gasteiger partial charge in [-0.25, -0.2) is 5.84 Å². The summed E-state index contributed by atoms with van der Waals surface area (Å²) in [7, 11) is 2.90. The smallest absolute Gasteiger partial charge is 0.408 e. The van der Waals surface area contributed by atoms with Crippen LogP contribution in [0.2, 0.25) is 0 Å². The first-order valence-corrected chi connectivity index (χ1v) is 6.47. The minimum absolute atomic E-state index is 0.0191. The number of likely N-dealkylation sites (N-methyl/N-ethyl adjacent to an activating group) is 1. The fourth-order valence-corrected chi connectivity index (χ4v) is 2.33. The van der Waals surface area contributed by atoms with E-state index in [1.54, 1.807) is 24.3 Å². The molecule has 1 aliphatic rings. The third-order valence-corrected chi connectivity index (χ3v) is 3.40. The van der Waals surface area contributed by atoms with Crippen LogP contribution in [-0.2, 0) is 4.79 Å². The van der Waals surface area contributed by atoms with Gasteiger partial charge in [-0.05, 0) is 23.3 Å². The monoisotopic (exact) mass is 315 g/mol. The maximum atomic E-state index is 12.9. The van der Waals surface area contributed by atoms with Crippen molar-refractivity contribution in [1.29, 1.82) is 0 Å². The number of carbonyl (C=O) groups excluding carboxylic acids is 1. The summed E-state index contributed by atoms with van der Waals surface area (Å²) in [4.78, 5) is 12.0. The Kier molecular flexibility index (Phi) is 4.32. The van der Waals surface area contributed by atoms with Gasteiger partial charge < -0.3 is 15.1 Å². The van der Waals surface area contributed by atoms with Crippen LogP contribution in [-0.4, -0.2) is 37.3 Å². The fraction of sp³-hybridized carbons (Fsp3) is 0.357. The average molecular weight is 315 g/mol. The van der Waals surface area contributed by atoms with Gasteiger partial charge in [-0.15, -0.1) is 0 Å². The number of amides is 1. The van der Waals surface area contributed by atoms with E-state index in [2.05, 4.69) is 0 Å². The number of nitrogens with one attached hydrogen (secondary N) is 1. The topological polar surface area (TPSA) is 67.6 Å². The molecule has 2 rings (SSSR count). The van der Waals surface area contributed by atoms with Gasteiger partial charge in [0, 0.05) is 13.5 Å². The number of ether oxygens (including phenoxy) is 1. The number of benzene rings is 1. The number of nitrogens with two attached hydrogens (primary N) is 1. The highest BCUT2D eigenvalue weighted by Crippen LogP contribution is 2.35. The Bertz CT molecular complexity index is 594.